The summed E-state index contributed by atoms with van der Waals surface area (Å²) in [6.07, 6.45) is 18.3. The first-order valence-electron chi connectivity index (χ1n) is 10.6. The topological polar surface area (TPSA) is 49.7 Å². The highest BCUT2D eigenvalue weighted by molar-refractivity contribution is 4.56. The summed E-state index contributed by atoms with van der Waals surface area (Å²) < 4.78 is 5.32. The van der Waals surface area contributed by atoms with Gasteiger partial charge in [-0.15, -0.1) is 0 Å². The van der Waals surface area contributed by atoms with Crippen molar-refractivity contribution in [2.75, 3.05) is 19.8 Å². The zero-order valence-corrected chi connectivity index (χ0v) is 16.5. The van der Waals surface area contributed by atoms with Gasteiger partial charge < -0.3 is 14.9 Å². The monoisotopic (exact) mass is 344 g/mol. The second kappa shape index (κ2) is 19.2. The van der Waals surface area contributed by atoms with Crippen LogP contribution in [0.4, 0.5) is 0 Å². The van der Waals surface area contributed by atoms with Crippen LogP contribution in [0.15, 0.2) is 0 Å². The van der Waals surface area contributed by atoms with Crippen molar-refractivity contribution < 1.29 is 14.9 Å². The number of rotatable bonds is 19. The van der Waals surface area contributed by atoms with E-state index in [1.54, 1.807) is 0 Å². The van der Waals surface area contributed by atoms with E-state index in [1.807, 2.05) is 0 Å². The lowest BCUT2D eigenvalue weighted by Crippen LogP contribution is -2.19. The minimum atomic E-state index is -0.721. The Hall–Kier alpha value is -0.120. The van der Waals surface area contributed by atoms with E-state index in [1.165, 1.54) is 83.5 Å². The molecule has 0 aromatic heterocycles. The zero-order chi connectivity index (χ0) is 17.9. The number of unbranched alkanes of at least 4 members (excludes halogenated alkanes) is 10. The zero-order valence-electron chi connectivity index (χ0n) is 16.5. The molecule has 0 aliphatic heterocycles. The van der Waals surface area contributed by atoms with Crippen molar-refractivity contribution in [3.63, 3.8) is 0 Å². The third kappa shape index (κ3) is 18.2. The van der Waals surface area contributed by atoms with Crippen molar-refractivity contribution in [1.29, 1.82) is 0 Å². The van der Waals surface area contributed by atoms with Gasteiger partial charge in [0.1, 0.15) is 6.10 Å². The molecule has 0 amide bonds. The molecule has 0 aromatic rings. The maximum Gasteiger partial charge on any atom is 0.100 e. The fourth-order valence-electron chi connectivity index (χ4n) is 3.09. The Morgan fingerprint density at radius 3 is 1.79 bits per heavy atom. The van der Waals surface area contributed by atoms with E-state index in [9.17, 15) is 0 Å². The summed E-state index contributed by atoms with van der Waals surface area (Å²) in [5, 5.41) is 17.8. The molecule has 2 unspecified atom stereocenters. The van der Waals surface area contributed by atoms with Crippen molar-refractivity contribution in [1.82, 2.24) is 0 Å². The molecule has 0 bridgehead atoms. The van der Waals surface area contributed by atoms with Crippen LogP contribution in [0.3, 0.4) is 0 Å². The molecule has 2 N–H and O–H groups in total. The second-order valence-corrected chi connectivity index (χ2v) is 7.48. The highest BCUT2D eigenvalue weighted by Gasteiger charge is 2.03. The Kier molecular flexibility index (Phi) is 19.1. The van der Waals surface area contributed by atoms with E-state index < -0.39 is 6.10 Å². The normalized spacial score (nSPS) is 14.0. The average molecular weight is 345 g/mol. The largest absolute Gasteiger partial charge is 0.394 e. The van der Waals surface area contributed by atoms with Crippen molar-refractivity contribution in [3.05, 3.63) is 0 Å². The second-order valence-electron chi connectivity index (χ2n) is 7.48. The first kappa shape index (κ1) is 23.9. The Bertz CT molecular complexity index is 233. The van der Waals surface area contributed by atoms with Crippen LogP contribution in [0, 0.1) is 5.92 Å². The fraction of sp³-hybridized carbons (Fsp3) is 1.00. The number of ether oxygens (including phenoxy) is 1. The van der Waals surface area contributed by atoms with E-state index in [4.69, 9.17) is 14.9 Å². The van der Waals surface area contributed by atoms with Gasteiger partial charge in [-0.3, -0.25) is 0 Å². The summed E-state index contributed by atoms with van der Waals surface area (Å²) in [5.74, 6) is 0.853. The predicted octanol–water partition coefficient (Wildman–Crippen LogP) is 5.47. The summed E-state index contributed by atoms with van der Waals surface area (Å²) in [7, 11) is 0. The van der Waals surface area contributed by atoms with E-state index in [0.717, 1.165) is 12.3 Å². The summed E-state index contributed by atoms with van der Waals surface area (Å²) in [6, 6.07) is 0. The van der Waals surface area contributed by atoms with Gasteiger partial charge in [0.15, 0.2) is 0 Å². The molecule has 0 radical (unpaired) electrons. The first-order valence-corrected chi connectivity index (χ1v) is 10.6. The van der Waals surface area contributed by atoms with Crippen LogP contribution in [0.1, 0.15) is 104 Å². The van der Waals surface area contributed by atoms with Gasteiger partial charge in [-0.1, -0.05) is 97.3 Å². The summed E-state index contributed by atoms with van der Waals surface area (Å²) >= 11 is 0. The molecule has 3 heteroatoms. The molecule has 0 fully saturated rings. The van der Waals surface area contributed by atoms with Crippen LogP contribution in [0.25, 0.3) is 0 Å². The Morgan fingerprint density at radius 1 is 0.750 bits per heavy atom. The third-order valence-electron chi connectivity index (χ3n) is 4.81. The van der Waals surface area contributed by atoms with Crippen LogP contribution < -0.4 is 0 Å². The van der Waals surface area contributed by atoms with Crippen LogP contribution in [0.2, 0.25) is 0 Å². The SMILES string of the molecule is CCCCCCCCCCCC(C)CCCCCOCC(O)CO. The minimum Gasteiger partial charge on any atom is -0.394 e. The first-order chi connectivity index (χ1) is 11.7. The average Bonchev–Trinajstić information content (AvgIpc) is 2.59. The van der Waals surface area contributed by atoms with Crippen LogP contribution >= 0.6 is 0 Å². The van der Waals surface area contributed by atoms with E-state index in [2.05, 4.69) is 13.8 Å². The molecule has 0 saturated heterocycles. The van der Waals surface area contributed by atoms with Gasteiger partial charge in [0.25, 0.3) is 0 Å². The third-order valence-corrected chi connectivity index (χ3v) is 4.81. The van der Waals surface area contributed by atoms with Crippen LogP contribution in [-0.2, 0) is 4.74 Å². The number of aliphatic hydroxyl groups is 2. The van der Waals surface area contributed by atoms with Gasteiger partial charge in [-0.2, -0.15) is 0 Å². The minimum absolute atomic E-state index is 0.212. The van der Waals surface area contributed by atoms with Crippen molar-refractivity contribution in [3.8, 4) is 0 Å². The molecule has 146 valence electrons. The standard InChI is InChI=1S/C21H44O3/c1-3-4-5-6-7-8-9-10-12-15-20(2)16-13-11-14-17-24-19-21(23)18-22/h20-23H,3-19H2,1-2H3. The molecule has 2 atom stereocenters. The maximum atomic E-state index is 9.14. The van der Waals surface area contributed by atoms with E-state index in [0.29, 0.717) is 6.61 Å². The van der Waals surface area contributed by atoms with Gasteiger partial charge in [0.2, 0.25) is 0 Å². The molecule has 0 rings (SSSR count). The summed E-state index contributed by atoms with van der Waals surface area (Å²) in [6.45, 7) is 5.41. The molecule has 3 nitrogen and oxygen atoms in total. The lowest BCUT2D eigenvalue weighted by atomic mass is 9.96. The van der Waals surface area contributed by atoms with Gasteiger partial charge in [0, 0.05) is 6.61 Å². The molecule has 0 spiro atoms. The van der Waals surface area contributed by atoms with Gasteiger partial charge in [0.05, 0.1) is 13.2 Å². The summed E-state index contributed by atoms with van der Waals surface area (Å²) in [5.41, 5.74) is 0. The van der Waals surface area contributed by atoms with Crippen molar-refractivity contribution >= 4 is 0 Å². The molecule has 24 heavy (non-hydrogen) atoms. The highest BCUT2D eigenvalue weighted by atomic mass is 16.5. The molecule has 0 saturated carbocycles. The number of hydrogen-bond acceptors (Lipinski definition) is 3. The Morgan fingerprint density at radius 2 is 1.25 bits per heavy atom. The summed E-state index contributed by atoms with van der Waals surface area (Å²) in [4.78, 5) is 0. The number of hydrogen-bond donors (Lipinski definition) is 2. The Labute approximate surface area is 151 Å². The predicted molar refractivity (Wildman–Crippen MR) is 103 cm³/mol. The lowest BCUT2D eigenvalue weighted by Gasteiger charge is -2.11. The fourth-order valence-corrected chi connectivity index (χ4v) is 3.09. The van der Waals surface area contributed by atoms with Gasteiger partial charge >= 0.3 is 0 Å². The van der Waals surface area contributed by atoms with Crippen LogP contribution in [-0.4, -0.2) is 36.1 Å². The highest BCUT2D eigenvalue weighted by Crippen LogP contribution is 2.18. The van der Waals surface area contributed by atoms with Crippen molar-refractivity contribution in [2.45, 2.75) is 110 Å². The van der Waals surface area contributed by atoms with Gasteiger partial charge in [-0.25, -0.2) is 0 Å². The van der Waals surface area contributed by atoms with E-state index >= 15 is 0 Å². The number of aliphatic hydroxyl groups excluding tert-OH is 2. The molecule has 0 aliphatic rings. The van der Waals surface area contributed by atoms with Crippen molar-refractivity contribution in [2.24, 2.45) is 5.92 Å². The lowest BCUT2D eigenvalue weighted by molar-refractivity contribution is 0.00522. The molecule has 0 aliphatic carbocycles. The Balaban J connectivity index is 3.17. The molecule has 0 heterocycles. The smallest absolute Gasteiger partial charge is 0.100 e. The maximum absolute atomic E-state index is 9.14. The van der Waals surface area contributed by atoms with Gasteiger partial charge in [-0.05, 0) is 12.3 Å². The molecular formula is C21H44O3. The van der Waals surface area contributed by atoms with E-state index in [-0.39, 0.29) is 13.2 Å². The molecular weight excluding hydrogens is 300 g/mol. The molecule has 0 aromatic carbocycles. The van der Waals surface area contributed by atoms with Crippen LogP contribution in [0.5, 0.6) is 0 Å². The quantitative estimate of drug-likeness (QED) is 0.305.